The van der Waals surface area contributed by atoms with Gasteiger partial charge in [-0.2, -0.15) is 9.97 Å². The molecule has 0 spiro atoms. The topological polar surface area (TPSA) is 338 Å². The molecule has 2 saturated carbocycles. The zero-order valence-corrected chi connectivity index (χ0v) is 47.1. The maximum Gasteiger partial charge on any atom is 0.305 e. The molecule has 0 amide bonds. The minimum absolute atomic E-state index is 0.00659. The first-order valence-corrected chi connectivity index (χ1v) is 29.2. The Balaban J connectivity index is 0.000000282. The molecule has 4 aromatic rings. The number of rotatable bonds is 35. The molecule has 0 aliphatic heterocycles. The lowest BCUT2D eigenvalue weighted by atomic mass is 10.0. The number of ketones is 2. The number of hydrogen-bond acceptors (Lipinski definition) is 16. The van der Waals surface area contributed by atoms with E-state index in [0.29, 0.717) is 86.0 Å². The molecular weight excluding hydrogens is 1010 g/mol. The number of hydrogen-bond donors (Lipinski definition) is 8. The quantitative estimate of drug-likeness (QED) is 0.0121. The summed E-state index contributed by atoms with van der Waals surface area (Å²) in [6.45, 7) is 12.4. The number of carbonyl (C=O) groups excluding carboxylic acids is 3. The normalized spacial score (nSPS) is 18.8. The second-order valence-corrected chi connectivity index (χ2v) is 21.5. The SMILES string of the molecule is C=C1[C@H](CO)[C@@H](O)C[C@@H]1n1cnc2c(=O)[nH]c(N)nc21.C=C1[C@H](COC(=O)CCCCC(=O)CCCCCCCCCCC)[C@@H](O)C[C@@H]1n1cnc2c(=O)[nH]c(N)nc21.CCCCCCCCCCCC(=O)CCCCC(=O)O. The summed E-state index contributed by atoms with van der Waals surface area (Å²) in [5.41, 5.74) is 12.8. The summed E-state index contributed by atoms with van der Waals surface area (Å²) in [6, 6.07) is -0.611. The Morgan fingerprint density at radius 2 is 0.937 bits per heavy atom. The van der Waals surface area contributed by atoms with E-state index in [9.17, 15) is 44.1 Å². The smallest absolute Gasteiger partial charge is 0.305 e. The first kappa shape index (κ1) is 65.5. The fourth-order valence-corrected chi connectivity index (χ4v) is 10.4. The summed E-state index contributed by atoms with van der Waals surface area (Å²) in [4.78, 5) is 91.3. The lowest BCUT2D eigenvalue weighted by Crippen LogP contribution is -2.22. The molecule has 2 fully saturated rings. The largest absolute Gasteiger partial charge is 0.481 e. The number of nitrogens with one attached hydrogen (secondary N) is 2. The summed E-state index contributed by atoms with van der Waals surface area (Å²) >= 11 is 0. The summed E-state index contributed by atoms with van der Waals surface area (Å²) in [5, 5.41) is 38.3. The Labute approximate surface area is 464 Å². The number of aliphatic hydroxyl groups excluding tert-OH is 3. The van der Waals surface area contributed by atoms with Gasteiger partial charge in [0, 0.05) is 50.4 Å². The van der Waals surface area contributed by atoms with Gasteiger partial charge in [-0.3, -0.25) is 38.7 Å². The van der Waals surface area contributed by atoms with Crippen molar-refractivity contribution in [3.05, 3.63) is 57.7 Å². The predicted molar refractivity (Wildman–Crippen MR) is 306 cm³/mol. The number of aliphatic hydroxyl groups is 3. The van der Waals surface area contributed by atoms with Crippen LogP contribution < -0.4 is 22.6 Å². The molecule has 6 atom stereocenters. The van der Waals surface area contributed by atoms with Crippen molar-refractivity contribution in [2.75, 3.05) is 24.7 Å². The van der Waals surface area contributed by atoms with Crippen LogP contribution in [0.3, 0.4) is 0 Å². The lowest BCUT2D eigenvalue weighted by Gasteiger charge is -2.17. The number of aliphatic carboxylic acids is 1. The van der Waals surface area contributed by atoms with Crippen LogP contribution in [0, 0.1) is 11.8 Å². The number of Topliss-reactive ketones (excluding diaryl/α,β-unsaturated/α-hetero) is 2. The minimum Gasteiger partial charge on any atom is -0.481 e. The van der Waals surface area contributed by atoms with Crippen molar-refractivity contribution in [1.82, 2.24) is 39.0 Å². The van der Waals surface area contributed by atoms with E-state index in [2.05, 4.69) is 56.9 Å². The number of nitrogens with zero attached hydrogens (tertiary/aromatic N) is 6. The average molecular weight is 1110 g/mol. The van der Waals surface area contributed by atoms with Crippen LogP contribution in [0.15, 0.2) is 46.5 Å². The monoisotopic (exact) mass is 1100 g/mol. The minimum atomic E-state index is -0.767. The van der Waals surface area contributed by atoms with Gasteiger partial charge in [-0.1, -0.05) is 130 Å². The summed E-state index contributed by atoms with van der Waals surface area (Å²) in [6.07, 6.45) is 30.2. The van der Waals surface area contributed by atoms with E-state index in [4.69, 9.17) is 21.3 Å². The van der Waals surface area contributed by atoms with Crippen molar-refractivity contribution < 1.29 is 44.3 Å². The molecule has 79 heavy (non-hydrogen) atoms. The maximum absolute atomic E-state index is 12.3. The second kappa shape index (κ2) is 35.5. The van der Waals surface area contributed by atoms with Crippen molar-refractivity contribution in [1.29, 1.82) is 0 Å². The summed E-state index contributed by atoms with van der Waals surface area (Å²) in [5.74, 6) is -1.37. The molecule has 21 heteroatoms. The van der Waals surface area contributed by atoms with Gasteiger partial charge in [-0.15, -0.1) is 0 Å². The molecule has 0 radical (unpaired) electrons. The number of carboxylic acid groups (broad SMARTS) is 1. The third-order valence-electron chi connectivity index (χ3n) is 15.2. The molecule has 10 N–H and O–H groups in total. The summed E-state index contributed by atoms with van der Waals surface area (Å²) < 4.78 is 8.79. The van der Waals surface area contributed by atoms with E-state index in [1.165, 1.54) is 103 Å². The zero-order chi connectivity index (χ0) is 57.7. The Morgan fingerprint density at radius 3 is 1.33 bits per heavy atom. The zero-order valence-electron chi connectivity index (χ0n) is 47.1. The molecule has 6 rings (SSSR count). The fourth-order valence-electron chi connectivity index (χ4n) is 10.4. The molecule has 0 bridgehead atoms. The van der Waals surface area contributed by atoms with Crippen molar-refractivity contribution in [2.45, 2.75) is 231 Å². The number of aromatic amines is 2. The molecule has 0 saturated heterocycles. The van der Waals surface area contributed by atoms with Crippen molar-refractivity contribution in [3.63, 3.8) is 0 Å². The third-order valence-corrected chi connectivity index (χ3v) is 15.2. The number of nitrogens with two attached hydrogens (primary N) is 2. The Hall–Kier alpha value is -6.06. The van der Waals surface area contributed by atoms with Gasteiger partial charge in [-0.25, -0.2) is 9.97 Å². The van der Waals surface area contributed by atoms with Gasteiger partial charge in [0.2, 0.25) is 11.9 Å². The number of fused-ring (bicyclic) bond motifs is 2. The van der Waals surface area contributed by atoms with Crippen molar-refractivity contribution in [2.24, 2.45) is 11.8 Å². The molecule has 2 aliphatic carbocycles. The van der Waals surface area contributed by atoms with Crippen LogP contribution in [-0.2, 0) is 23.9 Å². The maximum atomic E-state index is 12.3. The van der Waals surface area contributed by atoms with Crippen LogP contribution in [0.4, 0.5) is 11.9 Å². The predicted octanol–water partition coefficient (Wildman–Crippen LogP) is 9.07. The highest BCUT2D eigenvalue weighted by Gasteiger charge is 2.40. The molecule has 4 heterocycles. The summed E-state index contributed by atoms with van der Waals surface area (Å²) in [7, 11) is 0. The standard InChI is InChI=1S/C29H45N5O5.C17H32O3.C12H15N5O3/c1-3-4-5-6-7-8-9-10-11-14-21(35)15-12-13-16-25(37)39-18-22-20(2)23(17-24(22)36)34-19-31-26-27(34)32-29(30)33-28(26)38;1-2-3-4-5-6-7-8-9-10-13-16(18)14-11-12-15-17(19)20;1-5-6(3-18)8(19)2-7(5)17-4-14-9-10(17)15-12(13)16-11(9)20/h19,22-24,36H,2-18H2,1H3,(H3,30,32,33,38);2-15H2,1H3,(H,19,20);4,6-8,18-19H,1-3H2,(H3,13,15,16,20)/t22-,23-,24-;;6-,7-,8-/m0.0/s1. The molecule has 0 unspecified atom stereocenters. The van der Waals surface area contributed by atoms with E-state index < -0.39 is 35.2 Å². The van der Waals surface area contributed by atoms with Crippen LogP contribution in [0.2, 0.25) is 0 Å². The molecule has 440 valence electrons. The van der Waals surface area contributed by atoms with Crippen LogP contribution in [-0.4, -0.2) is 108 Å². The number of imidazole rings is 2. The van der Waals surface area contributed by atoms with Crippen LogP contribution >= 0.6 is 0 Å². The molecule has 0 aromatic carbocycles. The van der Waals surface area contributed by atoms with E-state index in [1.54, 1.807) is 9.13 Å². The number of nitrogen functional groups attached to an aromatic ring is 2. The highest BCUT2D eigenvalue weighted by molar-refractivity contribution is 5.79. The van der Waals surface area contributed by atoms with Crippen LogP contribution in [0.5, 0.6) is 0 Å². The van der Waals surface area contributed by atoms with Gasteiger partial charge >= 0.3 is 11.9 Å². The second-order valence-electron chi connectivity index (χ2n) is 21.5. The van der Waals surface area contributed by atoms with Crippen LogP contribution in [0.1, 0.15) is 219 Å². The van der Waals surface area contributed by atoms with E-state index >= 15 is 0 Å². The van der Waals surface area contributed by atoms with Gasteiger partial charge < -0.3 is 45.8 Å². The number of anilines is 2. The fraction of sp³-hybridized carbons (Fsp3) is 0.690. The number of ether oxygens (including phenoxy) is 1. The van der Waals surface area contributed by atoms with Gasteiger partial charge in [0.25, 0.3) is 11.1 Å². The van der Waals surface area contributed by atoms with E-state index in [0.717, 1.165) is 32.1 Å². The molecule has 2 aliphatic rings. The highest BCUT2D eigenvalue weighted by atomic mass is 16.5. The number of carboxylic acids is 1. The average Bonchev–Trinajstić information content (AvgIpc) is 4.27. The van der Waals surface area contributed by atoms with Gasteiger partial charge in [0.05, 0.1) is 43.6 Å². The van der Waals surface area contributed by atoms with E-state index in [1.807, 2.05) is 0 Å². The van der Waals surface area contributed by atoms with Gasteiger partial charge in [0.15, 0.2) is 22.3 Å². The Kier molecular flexibility index (Phi) is 29.4. The first-order valence-electron chi connectivity index (χ1n) is 29.2. The Bertz CT molecular complexity index is 2660. The van der Waals surface area contributed by atoms with E-state index in [-0.39, 0.29) is 78.7 Å². The number of unbranched alkanes of at least 4 members (excludes halogenated alkanes) is 18. The number of H-pyrrole nitrogens is 2. The van der Waals surface area contributed by atoms with Crippen LogP contribution in [0.25, 0.3) is 22.3 Å². The number of carbonyl (C=O) groups is 4. The molecule has 4 aromatic heterocycles. The highest BCUT2D eigenvalue weighted by Crippen LogP contribution is 2.41. The van der Waals surface area contributed by atoms with Crippen molar-refractivity contribution >= 4 is 57.7 Å². The number of esters is 1. The van der Waals surface area contributed by atoms with Gasteiger partial charge in [-0.05, 0) is 62.5 Å². The first-order chi connectivity index (χ1) is 38.0. The number of aromatic nitrogens is 8. The van der Waals surface area contributed by atoms with Crippen molar-refractivity contribution in [3.8, 4) is 0 Å². The Morgan fingerprint density at radius 1 is 0.582 bits per heavy atom. The third kappa shape index (κ3) is 21.8. The molecular formula is C58H92N10O11. The lowest BCUT2D eigenvalue weighted by molar-refractivity contribution is -0.145. The molecule has 21 nitrogen and oxygen atoms in total. The van der Waals surface area contributed by atoms with Gasteiger partial charge in [0.1, 0.15) is 18.2 Å².